The molecule has 2 atom stereocenters. The van der Waals surface area contributed by atoms with Crippen LogP contribution in [-0.2, 0) is 17.8 Å². The molecule has 0 spiro atoms. The van der Waals surface area contributed by atoms with Crippen molar-refractivity contribution in [3.63, 3.8) is 0 Å². The molecule has 1 fully saturated rings. The number of rotatable bonds is 11. The Morgan fingerprint density at radius 2 is 1.64 bits per heavy atom. The van der Waals surface area contributed by atoms with Crippen LogP contribution in [0.4, 0.5) is 0 Å². The van der Waals surface area contributed by atoms with Crippen molar-refractivity contribution < 1.29 is 9.53 Å². The van der Waals surface area contributed by atoms with Crippen molar-refractivity contribution in [2.75, 3.05) is 0 Å². The lowest BCUT2D eigenvalue weighted by Gasteiger charge is -2.30. The van der Waals surface area contributed by atoms with Crippen LogP contribution in [0, 0.1) is 19.8 Å². The molecule has 0 bridgehead atoms. The number of allylic oxidation sites excluding steroid dienone is 3. The van der Waals surface area contributed by atoms with Crippen LogP contribution in [0.2, 0.25) is 0 Å². The minimum Gasteiger partial charge on any atom is -0.486 e. The summed E-state index contributed by atoms with van der Waals surface area (Å²) in [6.45, 7) is 23.8. The number of nitrogens with two attached hydrogens (primary N) is 1. The molecule has 0 aliphatic heterocycles. The zero-order chi connectivity index (χ0) is 37.3. The van der Waals surface area contributed by atoms with E-state index in [0.29, 0.717) is 11.8 Å². The second-order valence-electron chi connectivity index (χ2n) is 12.7. The monoisotopic (exact) mass is 684 g/mol. The molecule has 5 rings (SSSR count). The predicted molar refractivity (Wildman–Crippen MR) is 217 cm³/mol. The summed E-state index contributed by atoms with van der Waals surface area (Å²) in [5.41, 5.74) is 11.7. The number of unbranched alkanes of at least 4 members (excludes halogenated alkanes) is 1. The number of benzene rings is 2. The zero-order valence-electron chi connectivity index (χ0n) is 33.0. The maximum Gasteiger partial charge on any atom is 0.204 e. The molecule has 5 nitrogen and oxygen atoms in total. The first-order valence-electron chi connectivity index (χ1n) is 19.4. The van der Waals surface area contributed by atoms with Crippen molar-refractivity contribution in [2.45, 2.75) is 145 Å². The fraction of sp³-hybridized carbons (Fsp3) is 0.511. The van der Waals surface area contributed by atoms with Gasteiger partial charge in [0.1, 0.15) is 17.7 Å². The fourth-order valence-electron chi connectivity index (χ4n) is 6.46. The largest absolute Gasteiger partial charge is 0.486 e. The summed E-state index contributed by atoms with van der Waals surface area (Å²) < 4.78 is 8.76. The van der Waals surface area contributed by atoms with Crippen molar-refractivity contribution in [1.82, 2.24) is 9.55 Å². The molecule has 2 aliphatic rings. The molecule has 1 aromatic heterocycles. The third kappa shape index (κ3) is 14.5. The van der Waals surface area contributed by atoms with Gasteiger partial charge >= 0.3 is 0 Å². The van der Waals surface area contributed by atoms with Gasteiger partial charge in [0.2, 0.25) is 6.41 Å². The molecule has 2 aliphatic carbocycles. The number of nitrogens with zero attached hydrogens (tertiary/aromatic N) is 2. The predicted octanol–water partition coefficient (Wildman–Crippen LogP) is 12.3. The van der Waals surface area contributed by atoms with E-state index in [-0.39, 0.29) is 12.5 Å². The first-order chi connectivity index (χ1) is 24.4. The number of aryl methyl sites for hydroxylation is 3. The average molecular weight is 684 g/mol. The van der Waals surface area contributed by atoms with Gasteiger partial charge in [-0.15, -0.1) is 0 Å². The van der Waals surface area contributed by atoms with E-state index in [9.17, 15) is 0 Å². The number of carbonyl (C=O) groups excluding carboxylic acids is 1. The highest BCUT2D eigenvalue weighted by Gasteiger charge is 2.30. The molecule has 1 heterocycles. The topological polar surface area (TPSA) is 70.1 Å². The Labute approximate surface area is 306 Å². The molecule has 0 saturated heterocycles. The Balaban J connectivity index is 0.00000113. The van der Waals surface area contributed by atoms with Gasteiger partial charge in [0.25, 0.3) is 0 Å². The second-order valence-corrected chi connectivity index (χ2v) is 12.7. The van der Waals surface area contributed by atoms with E-state index < -0.39 is 0 Å². The Hall–Kier alpha value is -3.86. The second kappa shape index (κ2) is 26.0. The van der Waals surface area contributed by atoms with E-state index in [1.54, 1.807) is 0 Å². The van der Waals surface area contributed by atoms with Crippen LogP contribution in [0.15, 0.2) is 85.1 Å². The highest BCUT2D eigenvalue weighted by atomic mass is 16.5. The van der Waals surface area contributed by atoms with Crippen molar-refractivity contribution in [2.24, 2.45) is 11.7 Å². The zero-order valence-corrected chi connectivity index (χ0v) is 33.0. The van der Waals surface area contributed by atoms with Crippen LogP contribution in [0.5, 0.6) is 5.75 Å². The van der Waals surface area contributed by atoms with Crippen LogP contribution >= 0.6 is 0 Å². The summed E-state index contributed by atoms with van der Waals surface area (Å²) in [5.74, 6) is 3.32. The summed E-state index contributed by atoms with van der Waals surface area (Å²) in [7, 11) is 0. The van der Waals surface area contributed by atoms with Crippen molar-refractivity contribution in [1.29, 1.82) is 0 Å². The van der Waals surface area contributed by atoms with Gasteiger partial charge in [-0.05, 0) is 80.4 Å². The van der Waals surface area contributed by atoms with Crippen LogP contribution in [0.25, 0.3) is 11.3 Å². The van der Waals surface area contributed by atoms with E-state index in [2.05, 4.69) is 118 Å². The number of hydrogen-bond acceptors (Lipinski definition) is 3. The molecule has 5 heteroatoms. The number of amides is 1. The minimum atomic E-state index is 0.0826. The molecule has 1 amide bonds. The van der Waals surface area contributed by atoms with Crippen LogP contribution in [-0.4, -0.2) is 22.1 Å². The van der Waals surface area contributed by atoms with E-state index >= 15 is 0 Å². The fourth-order valence-corrected chi connectivity index (χ4v) is 6.46. The quantitative estimate of drug-likeness (QED) is 0.205. The lowest BCUT2D eigenvalue weighted by atomic mass is 9.77. The van der Waals surface area contributed by atoms with Gasteiger partial charge in [-0.25, -0.2) is 4.98 Å². The SMILES string of the molecule is C=CC1=CCC(Oc2ccc(CC(c3nc(-c4ccc(C)cc4C)cn3CCCC)C3CCCCC3)cc2)C=C1.CC.CC.CCC.NC=O. The number of hydrogen-bond donors (Lipinski definition) is 1. The molecule has 0 radical (unpaired) electrons. The third-order valence-corrected chi connectivity index (χ3v) is 8.76. The van der Waals surface area contributed by atoms with Crippen molar-refractivity contribution in [3.8, 4) is 17.0 Å². The molecular weight excluding hydrogens is 615 g/mol. The molecule has 2 N–H and O–H groups in total. The summed E-state index contributed by atoms with van der Waals surface area (Å²) in [4.78, 5) is 14.0. The summed E-state index contributed by atoms with van der Waals surface area (Å²) >= 11 is 0. The number of imidazole rings is 1. The van der Waals surface area contributed by atoms with Crippen LogP contribution < -0.4 is 10.5 Å². The first kappa shape index (κ1) is 44.2. The molecule has 2 unspecified atom stereocenters. The number of aromatic nitrogens is 2. The van der Waals surface area contributed by atoms with Crippen LogP contribution in [0.1, 0.15) is 135 Å². The standard InChI is InChI=1S/C37H46N2O.C3H8.2C2H6.CH3NO/c1-5-7-23-39-26-36(34-22-13-27(3)24-28(34)4)38-37(39)35(31-11-9-8-10-12-31)25-30-16-20-33(21-17-30)40-32-18-14-29(6-2)15-19-32;1-3-2;2*1-2;2-1-3/h6,13-18,20-22,24,26,31-32,35H,2,5,7-12,19,23,25H2,1,3-4H3;3H2,1-2H3;2*1-2H3;1H,(H2,2,3). The average Bonchev–Trinajstić information content (AvgIpc) is 3.56. The van der Waals surface area contributed by atoms with Gasteiger partial charge in [0.15, 0.2) is 0 Å². The Kier molecular flexibility index (Phi) is 23.0. The highest BCUT2D eigenvalue weighted by Crippen LogP contribution is 2.39. The van der Waals surface area contributed by atoms with Gasteiger partial charge in [-0.3, -0.25) is 4.79 Å². The maximum atomic E-state index is 8.58. The van der Waals surface area contributed by atoms with Gasteiger partial charge in [0.05, 0.1) is 5.69 Å². The maximum absolute atomic E-state index is 8.58. The van der Waals surface area contributed by atoms with E-state index in [0.717, 1.165) is 30.8 Å². The summed E-state index contributed by atoms with van der Waals surface area (Å²) in [6.07, 6.45) is 23.1. The molecule has 3 aromatic rings. The van der Waals surface area contributed by atoms with Gasteiger partial charge < -0.3 is 15.0 Å². The molecular formula is C45H69N3O2. The lowest BCUT2D eigenvalue weighted by molar-refractivity contribution is -0.106. The summed E-state index contributed by atoms with van der Waals surface area (Å²) in [5, 5.41) is 0. The Bertz CT molecular complexity index is 1410. The smallest absolute Gasteiger partial charge is 0.204 e. The normalized spacial score (nSPS) is 15.5. The van der Waals surface area contributed by atoms with Gasteiger partial charge in [-0.1, -0.05) is 141 Å². The van der Waals surface area contributed by atoms with Crippen molar-refractivity contribution in [3.05, 3.63) is 108 Å². The Morgan fingerprint density at radius 3 is 2.18 bits per heavy atom. The molecule has 1 saturated carbocycles. The summed E-state index contributed by atoms with van der Waals surface area (Å²) in [6, 6.07) is 15.6. The lowest BCUT2D eigenvalue weighted by Crippen LogP contribution is -2.22. The molecule has 50 heavy (non-hydrogen) atoms. The van der Waals surface area contributed by atoms with E-state index in [1.807, 2.05) is 33.8 Å². The third-order valence-electron chi connectivity index (χ3n) is 8.76. The molecule has 276 valence electrons. The highest BCUT2D eigenvalue weighted by molar-refractivity contribution is 5.63. The Morgan fingerprint density at radius 1 is 1.00 bits per heavy atom. The first-order valence-corrected chi connectivity index (χ1v) is 19.4. The van der Waals surface area contributed by atoms with Crippen molar-refractivity contribution >= 4 is 6.41 Å². The number of ether oxygens (including phenoxy) is 1. The minimum absolute atomic E-state index is 0.0826. The van der Waals surface area contributed by atoms with Crippen LogP contribution in [0.3, 0.4) is 0 Å². The van der Waals surface area contributed by atoms with E-state index in [4.69, 9.17) is 14.5 Å². The number of carbonyl (C=O) groups is 1. The number of primary amides is 1. The van der Waals surface area contributed by atoms with E-state index in [1.165, 1.54) is 85.0 Å². The molecule has 2 aromatic carbocycles. The van der Waals surface area contributed by atoms with Gasteiger partial charge in [0, 0.05) is 30.6 Å². The van der Waals surface area contributed by atoms with Gasteiger partial charge in [-0.2, -0.15) is 0 Å².